The zero-order valence-corrected chi connectivity index (χ0v) is 23.4. The molecule has 0 amide bonds. The van der Waals surface area contributed by atoms with Gasteiger partial charge in [-0.05, 0) is 71.7 Å². The summed E-state index contributed by atoms with van der Waals surface area (Å²) in [5, 5.41) is 3.47. The van der Waals surface area contributed by atoms with Crippen molar-refractivity contribution in [2.75, 3.05) is 32.1 Å². The standard InChI is InChI=1S/C27H45N5O2S/c1-9-12-23(28)24(29)25(30-8)20(5)32(19(3)4)18-11-17-31-21-13-15-22(16-14-21)35-27(6,7)26(33)34-10-2/h13-16,20,31H,3,9-12,17-18,28-29H2,1-2,4-8H3. The highest BCUT2D eigenvalue weighted by Crippen LogP contribution is 2.34. The summed E-state index contributed by atoms with van der Waals surface area (Å²) in [6, 6.07) is 8.09. The quantitative estimate of drug-likeness (QED) is 0.132. The van der Waals surface area contributed by atoms with Crippen molar-refractivity contribution < 1.29 is 9.53 Å². The Morgan fingerprint density at radius 3 is 2.40 bits per heavy atom. The monoisotopic (exact) mass is 503 g/mol. The maximum atomic E-state index is 12.1. The average Bonchev–Trinajstić information content (AvgIpc) is 2.80. The third-order valence-electron chi connectivity index (χ3n) is 5.63. The number of thioether (sulfide) groups is 1. The van der Waals surface area contributed by atoms with Crippen LogP contribution in [0.5, 0.6) is 0 Å². The van der Waals surface area contributed by atoms with E-state index in [1.54, 1.807) is 7.05 Å². The van der Waals surface area contributed by atoms with E-state index in [2.05, 4.69) is 35.6 Å². The molecular formula is C27H45N5O2S. The van der Waals surface area contributed by atoms with Crippen LogP contribution in [0.4, 0.5) is 5.69 Å². The zero-order valence-electron chi connectivity index (χ0n) is 22.6. The fraction of sp³-hybridized carbons (Fsp3) is 0.556. The first-order chi connectivity index (χ1) is 16.5. The summed E-state index contributed by atoms with van der Waals surface area (Å²) >= 11 is 1.50. The molecule has 0 aliphatic carbocycles. The third-order valence-corrected chi connectivity index (χ3v) is 6.82. The summed E-state index contributed by atoms with van der Waals surface area (Å²) in [4.78, 5) is 19.8. The van der Waals surface area contributed by atoms with E-state index in [9.17, 15) is 4.79 Å². The molecule has 0 aliphatic rings. The molecule has 1 aromatic rings. The molecular weight excluding hydrogens is 458 g/mol. The Bertz CT molecular complexity index is 893. The van der Waals surface area contributed by atoms with Crippen LogP contribution in [0.1, 0.15) is 60.8 Å². The number of nitrogens with one attached hydrogen (secondary N) is 1. The maximum Gasteiger partial charge on any atom is 0.321 e. The predicted molar refractivity (Wildman–Crippen MR) is 151 cm³/mol. The average molecular weight is 504 g/mol. The first-order valence-corrected chi connectivity index (χ1v) is 13.1. The van der Waals surface area contributed by atoms with Crippen molar-refractivity contribution in [3.05, 3.63) is 47.9 Å². The van der Waals surface area contributed by atoms with E-state index in [1.165, 1.54) is 11.8 Å². The Labute approximate surface area is 216 Å². The molecule has 35 heavy (non-hydrogen) atoms. The largest absolute Gasteiger partial charge is 0.465 e. The van der Waals surface area contributed by atoms with Crippen LogP contribution >= 0.6 is 11.8 Å². The highest BCUT2D eigenvalue weighted by molar-refractivity contribution is 8.01. The number of hydrogen-bond acceptors (Lipinski definition) is 8. The van der Waals surface area contributed by atoms with Gasteiger partial charge < -0.3 is 26.4 Å². The fourth-order valence-electron chi connectivity index (χ4n) is 3.73. The van der Waals surface area contributed by atoms with E-state index < -0.39 is 4.75 Å². The number of aliphatic imine (C=N–C) groups is 1. The summed E-state index contributed by atoms with van der Waals surface area (Å²) in [5.74, 6) is -0.204. The Balaban J connectivity index is 2.69. The minimum absolute atomic E-state index is 0.0213. The lowest BCUT2D eigenvalue weighted by Gasteiger charge is -2.33. The van der Waals surface area contributed by atoms with Crippen molar-refractivity contribution in [1.29, 1.82) is 0 Å². The van der Waals surface area contributed by atoms with Gasteiger partial charge in [0.25, 0.3) is 0 Å². The van der Waals surface area contributed by atoms with E-state index in [-0.39, 0.29) is 12.0 Å². The second-order valence-electron chi connectivity index (χ2n) is 9.04. The van der Waals surface area contributed by atoms with Crippen molar-refractivity contribution in [2.45, 2.75) is 76.5 Å². The Kier molecular flexibility index (Phi) is 12.8. The number of rotatable bonds is 15. The van der Waals surface area contributed by atoms with Crippen LogP contribution in [-0.2, 0) is 9.53 Å². The normalized spacial score (nSPS) is 13.6. The van der Waals surface area contributed by atoms with Crippen molar-refractivity contribution in [3.63, 3.8) is 0 Å². The molecule has 1 unspecified atom stereocenters. The van der Waals surface area contributed by atoms with E-state index in [0.29, 0.717) is 18.0 Å². The van der Waals surface area contributed by atoms with Crippen LogP contribution in [-0.4, -0.2) is 54.1 Å². The summed E-state index contributed by atoms with van der Waals surface area (Å²) in [5.41, 5.74) is 16.6. The number of allylic oxidation sites excluding steroid dienone is 2. The molecule has 1 rings (SSSR count). The second kappa shape index (κ2) is 14.7. The molecule has 0 aliphatic heterocycles. The second-order valence-corrected chi connectivity index (χ2v) is 10.7. The van der Waals surface area contributed by atoms with E-state index in [1.807, 2.05) is 52.0 Å². The van der Waals surface area contributed by atoms with Crippen LogP contribution in [0.3, 0.4) is 0 Å². The van der Waals surface area contributed by atoms with Crippen molar-refractivity contribution in [2.24, 2.45) is 16.5 Å². The highest BCUT2D eigenvalue weighted by Gasteiger charge is 2.30. The van der Waals surface area contributed by atoms with Gasteiger partial charge in [0.15, 0.2) is 0 Å². The smallest absolute Gasteiger partial charge is 0.321 e. The Morgan fingerprint density at radius 2 is 1.89 bits per heavy atom. The third kappa shape index (κ3) is 9.51. The van der Waals surface area contributed by atoms with Crippen LogP contribution in [0, 0.1) is 0 Å². The van der Waals surface area contributed by atoms with Gasteiger partial charge in [-0.3, -0.25) is 9.79 Å². The number of anilines is 1. The minimum Gasteiger partial charge on any atom is -0.465 e. The van der Waals surface area contributed by atoms with Gasteiger partial charge >= 0.3 is 5.97 Å². The number of nitrogens with zero attached hydrogens (tertiary/aromatic N) is 2. The van der Waals surface area contributed by atoms with Crippen molar-refractivity contribution in [3.8, 4) is 0 Å². The molecule has 0 spiro atoms. The summed E-state index contributed by atoms with van der Waals surface area (Å²) in [6.45, 7) is 17.9. The molecule has 0 saturated carbocycles. The molecule has 0 radical (unpaired) electrons. The molecule has 0 saturated heterocycles. The number of ether oxygens (including phenoxy) is 1. The predicted octanol–water partition coefficient (Wildman–Crippen LogP) is 5.15. The first-order valence-electron chi connectivity index (χ1n) is 12.3. The lowest BCUT2D eigenvalue weighted by atomic mass is 10.0. The van der Waals surface area contributed by atoms with Crippen LogP contribution in [0.25, 0.3) is 0 Å². The lowest BCUT2D eigenvalue weighted by molar-refractivity contribution is -0.145. The molecule has 0 aromatic heterocycles. The molecule has 0 fully saturated rings. The Hall–Kier alpha value is -2.61. The molecule has 7 nitrogen and oxygen atoms in total. The minimum atomic E-state index is -0.631. The van der Waals surface area contributed by atoms with Crippen LogP contribution < -0.4 is 16.8 Å². The number of hydrogen-bond donors (Lipinski definition) is 3. The van der Waals surface area contributed by atoms with Gasteiger partial charge in [-0.15, -0.1) is 11.8 Å². The maximum absolute atomic E-state index is 12.1. The molecule has 8 heteroatoms. The summed E-state index contributed by atoms with van der Waals surface area (Å²) < 4.78 is 4.54. The van der Waals surface area contributed by atoms with Crippen molar-refractivity contribution >= 4 is 29.1 Å². The van der Waals surface area contributed by atoms with Gasteiger partial charge in [-0.1, -0.05) is 19.9 Å². The van der Waals surface area contributed by atoms with Crippen LogP contribution in [0.2, 0.25) is 0 Å². The van der Waals surface area contributed by atoms with Gasteiger partial charge in [-0.2, -0.15) is 0 Å². The highest BCUT2D eigenvalue weighted by atomic mass is 32.2. The number of carbonyl (C=O) groups excluding carboxylic acids is 1. The van der Waals surface area contributed by atoms with E-state index >= 15 is 0 Å². The summed E-state index contributed by atoms with van der Waals surface area (Å²) in [7, 11) is 1.76. The number of esters is 1. The van der Waals surface area contributed by atoms with Gasteiger partial charge in [0.05, 0.1) is 24.1 Å². The number of benzene rings is 1. The topological polar surface area (TPSA) is 106 Å². The van der Waals surface area contributed by atoms with Crippen LogP contribution in [0.15, 0.2) is 57.8 Å². The SMILES string of the molecule is C=C(C)N(CCCNc1ccc(SC(C)(C)C(=O)OCC)cc1)C(C)C(=NC)C(N)=C(N)CCC. The number of carbonyl (C=O) groups is 1. The molecule has 1 aromatic carbocycles. The van der Waals surface area contributed by atoms with Crippen molar-refractivity contribution in [1.82, 2.24) is 4.90 Å². The molecule has 0 bridgehead atoms. The fourth-order valence-corrected chi connectivity index (χ4v) is 4.73. The lowest BCUT2D eigenvalue weighted by Crippen LogP contribution is -2.41. The van der Waals surface area contributed by atoms with E-state index in [4.69, 9.17) is 16.2 Å². The van der Waals surface area contributed by atoms with Gasteiger partial charge in [0.1, 0.15) is 4.75 Å². The molecule has 1 atom stereocenters. The number of nitrogens with two attached hydrogens (primary N) is 2. The van der Waals surface area contributed by atoms with Gasteiger partial charge in [0, 0.05) is 42.1 Å². The van der Waals surface area contributed by atoms with E-state index in [0.717, 1.165) is 54.3 Å². The van der Waals surface area contributed by atoms with Gasteiger partial charge in [0.2, 0.25) is 0 Å². The van der Waals surface area contributed by atoms with Gasteiger partial charge in [-0.25, -0.2) is 0 Å². The summed E-state index contributed by atoms with van der Waals surface area (Å²) in [6.07, 6.45) is 2.61. The Morgan fingerprint density at radius 1 is 1.26 bits per heavy atom. The molecule has 0 heterocycles. The molecule has 5 N–H and O–H groups in total. The first kappa shape index (κ1) is 30.4. The zero-order chi connectivity index (χ0) is 26.6. The molecule has 196 valence electrons.